The van der Waals surface area contributed by atoms with Crippen molar-refractivity contribution < 1.29 is 9.47 Å². The molecule has 0 saturated heterocycles. The van der Waals surface area contributed by atoms with Gasteiger partial charge in [-0.15, -0.1) is 0 Å². The average molecular weight is 1980 g/mol. The summed E-state index contributed by atoms with van der Waals surface area (Å²) in [6.07, 6.45) is 47.4. The summed E-state index contributed by atoms with van der Waals surface area (Å²) in [6, 6.07) is 110. The lowest BCUT2D eigenvalue weighted by molar-refractivity contribution is 0.305. The molecule has 0 atom stereocenters. The van der Waals surface area contributed by atoms with E-state index in [2.05, 4.69) is 417 Å². The average Bonchev–Trinajstić information content (AvgIpc) is 1.53. The van der Waals surface area contributed by atoms with E-state index in [1.54, 1.807) is 0 Å². The van der Waals surface area contributed by atoms with Crippen molar-refractivity contribution in [3.63, 3.8) is 0 Å². The van der Waals surface area contributed by atoms with E-state index in [1.165, 1.54) is 413 Å². The molecule has 0 amide bonds. The lowest BCUT2D eigenvalue weighted by atomic mass is 9.67. The van der Waals surface area contributed by atoms with Crippen LogP contribution in [0.25, 0.3) is 55.6 Å². The van der Waals surface area contributed by atoms with Gasteiger partial charge in [-0.1, -0.05) is 542 Å². The molecule has 14 aromatic carbocycles. The highest BCUT2D eigenvalue weighted by atomic mass is 16.5. The second-order valence-corrected chi connectivity index (χ2v) is 46.6. The van der Waals surface area contributed by atoms with Gasteiger partial charge in [0.1, 0.15) is 11.5 Å². The second kappa shape index (κ2) is 53.1. The Hall–Kier alpha value is -11.3. The lowest BCUT2D eigenvalue weighted by Crippen LogP contribution is -2.28. The Kier molecular flexibility index (Phi) is 39.8. The second-order valence-electron chi connectivity index (χ2n) is 46.6. The van der Waals surface area contributed by atoms with Crippen molar-refractivity contribution in [2.24, 2.45) is 0 Å². The Morgan fingerprint density at radius 1 is 0.215 bits per heavy atom. The predicted molar refractivity (Wildman–Crippen MR) is 645 cm³/mol. The molecular formula is C147H182O2. The first-order valence-electron chi connectivity index (χ1n) is 59.2. The van der Waals surface area contributed by atoms with Gasteiger partial charge in [-0.3, -0.25) is 0 Å². The van der Waals surface area contributed by atoms with Crippen LogP contribution in [0.15, 0.2) is 285 Å². The molecule has 0 unspecified atom stereocenters. The Labute approximate surface area is 903 Å². The quantitative estimate of drug-likeness (QED) is 0.0354. The molecule has 0 aromatic heterocycles. The summed E-state index contributed by atoms with van der Waals surface area (Å²) in [5.74, 6) is 1.89. The number of hydrogen-bond acceptors (Lipinski definition) is 2. The van der Waals surface area contributed by atoms with Gasteiger partial charge >= 0.3 is 0 Å². The van der Waals surface area contributed by atoms with Crippen LogP contribution in [0.3, 0.4) is 0 Å². The molecule has 0 aliphatic heterocycles. The van der Waals surface area contributed by atoms with E-state index in [4.69, 9.17) is 9.47 Å². The number of fused-ring (bicyclic) bond motifs is 12. The highest BCUT2D eigenvalue weighted by molar-refractivity contribution is 5.90. The van der Waals surface area contributed by atoms with E-state index in [0.717, 1.165) is 44.0 Å². The van der Waals surface area contributed by atoms with Crippen LogP contribution in [0.4, 0.5) is 0 Å². The molecule has 782 valence electrons. The third-order valence-corrected chi connectivity index (χ3v) is 33.7. The van der Waals surface area contributed by atoms with Gasteiger partial charge in [-0.25, -0.2) is 0 Å². The maximum absolute atomic E-state index is 6.15. The minimum Gasteiger partial charge on any atom is -0.494 e. The Morgan fingerprint density at radius 2 is 0.503 bits per heavy atom. The van der Waals surface area contributed by atoms with Crippen molar-refractivity contribution in [1.29, 1.82) is 0 Å². The summed E-state index contributed by atoms with van der Waals surface area (Å²) in [5.41, 5.74) is 48.6. The first-order valence-corrected chi connectivity index (χ1v) is 59.2. The summed E-state index contributed by atoms with van der Waals surface area (Å²) in [7, 11) is 0. The Morgan fingerprint density at radius 3 is 0.852 bits per heavy atom. The number of aryl methyl sites for hydroxylation is 11. The van der Waals surface area contributed by atoms with E-state index in [9.17, 15) is 0 Å². The van der Waals surface area contributed by atoms with Gasteiger partial charge in [-0.2, -0.15) is 0 Å². The third-order valence-electron chi connectivity index (χ3n) is 33.7. The first kappa shape index (κ1) is 112. The highest BCUT2D eigenvalue weighted by Crippen LogP contribution is 2.61. The van der Waals surface area contributed by atoms with Crippen LogP contribution in [0.5, 0.6) is 11.5 Å². The highest BCUT2D eigenvalue weighted by Gasteiger charge is 2.50. The number of benzene rings is 14. The molecular weight excluding hydrogens is 1800 g/mol. The van der Waals surface area contributed by atoms with Crippen LogP contribution in [-0.2, 0) is 46.3 Å². The van der Waals surface area contributed by atoms with Crippen LogP contribution < -0.4 is 9.47 Å². The van der Waals surface area contributed by atoms with E-state index in [-0.39, 0.29) is 21.7 Å². The largest absolute Gasteiger partial charge is 0.494 e. The number of rotatable bonds is 47. The maximum atomic E-state index is 6.15. The Bertz CT molecular complexity index is 6370. The molecule has 4 aliphatic carbocycles. The van der Waals surface area contributed by atoms with Crippen molar-refractivity contribution in [3.05, 3.63) is 424 Å². The van der Waals surface area contributed by atoms with E-state index in [1.807, 2.05) is 0 Å². The maximum Gasteiger partial charge on any atom is 0.119 e. The molecule has 0 fully saturated rings. The zero-order valence-electron chi connectivity index (χ0n) is 95.5. The first-order chi connectivity index (χ1) is 72.4. The molecule has 0 bridgehead atoms. The minimum atomic E-state index is -0.415. The lowest BCUT2D eigenvalue weighted by Gasteiger charge is -2.35. The predicted octanol–water partition coefficient (Wildman–Crippen LogP) is 42.3. The monoisotopic (exact) mass is 1980 g/mol. The normalized spacial score (nSPS) is 13.5. The third kappa shape index (κ3) is 26.0. The van der Waals surface area contributed by atoms with Crippen LogP contribution in [0.1, 0.15) is 434 Å². The fourth-order valence-corrected chi connectivity index (χ4v) is 25.2. The summed E-state index contributed by atoms with van der Waals surface area (Å²) in [5, 5.41) is 0. The minimum absolute atomic E-state index is 0.0608. The molecule has 14 aromatic rings. The number of unbranched alkanes of at least 4 members (excludes halogenated alkanes) is 25. The molecule has 4 aliphatic rings. The van der Waals surface area contributed by atoms with Crippen LogP contribution in [0.2, 0.25) is 0 Å². The summed E-state index contributed by atoms with van der Waals surface area (Å²) >= 11 is 0. The van der Waals surface area contributed by atoms with Crippen LogP contribution in [-0.4, -0.2) is 13.2 Å². The van der Waals surface area contributed by atoms with Crippen LogP contribution >= 0.6 is 0 Å². The summed E-state index contributed by atoms with van der Waals surface area (Å²) < 4.78 is 12.3. The fourth-order valence-electron chi connectivity index (χ4n) is 25.2. The van der Waals surface area contributed by atoms with Crippen LogP contribution in [0, 0.1) is 55.4 Å². The molecule has 2 heteroatoms. The van der Waals surface area contributed by atoms with Crippen molar-refractivity contribution >= 4 is 0 Å². The van der Waals surface area contributed by atoms with E-state index < -0.39 is 5.41 Å². The topological polar surface area (TPSA) is 18.5 Å². The SMILES string of the molecule is CCCCCCCCC1(c2cccc(-c3ccc(CCCCCC)cc3)c2)c2cc(C)ccc2-c2ccc(C)cc21.CCCCCCCCC1(c2cccc(C(C)(C)C)c2)c2cc(C)ccc2-c2ccc(C)cc21.CCCCCCOc1ccc(C2(c3ccc(OCCCCCC)cc3)c3cc(C)ccc3-c3ccc(C)cc32)cc1.CCCCCCc1cc(CCCCCC)cc(C2(C)c3cc(C)ccc3-c3ccc(C)cc32)c1. The van der Waals surface area contributed by atoms with Gasteiger partial charge in [0.05, 0.1) is 18.6 Å². The zero-order valence-corrected chi connectivity index (χ0v) is 95.5. The fraction of sp³-hybridized carbons (Fsp3) is 0.429. The molecule has 149 heavy (non-hydrogen) atoms. The smallest absolute Gasteiger partial charge is 0.119 e. The van der Waals surface area contributed by atoms with Crippen molar-refractivity contribution in [1.82, 2.24) is 0 Å². The summed E-state index contributed by atoms with van der Waals surface area (Å²) in [4.78, 5) is 0. The molecule has 0 N–H and O–H groups in total. The van der Waals surface area contributed by atoms with Crippen molar-refractivity contribution in [2.75, 3.05) is 13.2 Å². The van der Waals surface area contributed by atoms with Crippen molar-refractivity contribution in [3.8, 4) is 67.1 Å². The molecule has 0 heterocycles. The number of ether oxygens (including phenoxy) is 2. The molecule has 18 rings (SSSR count). The van der Waals surface area contributed by atoms with Gasteiger partial charge in [0.2, 0.25) is 0 Å². The van der Waals surface area contributed by atoms with Gasteiger partial charge in [-0.05, 0) is 312 Å². The van der Waals surface area contributed by atoms with E-state index in [0.29, 0.717) is 0 Å². The van der Waals surface area contributed by atoms with Crippen molar-refractivity contribution in [2.45, 2.75) is 396 Å². The van der Waals surface area contributed by atoms with Gasteiger partial charge < -0.3 is 9.47 Å². The standard InChI is InChI=1S/C41H50.C39H46O2.C34H44.C33H42/c1-5-7-9-11-12-14-27-41(39-28-31(3)19-25-37(39)38-26-20-32(4)29-40(38)41)36-18-15-17-35(30-36)34-23-21-33(22-24-34)16-13-10-8-6-2;1-5-7-9-11-25-40-33-19-15-31(16-20-33)39(32-17-21-34(22-18-32)41-26-12-10-8-6-2)37-27-29(3)13-23-35(37)36-24-14-30(4)28-38(36)39;1-6-8-10-12-14-27-22-28(15-13-11-9-7-2)24-29(23-27)34(5)32-20-25(3)16-18-30(32)31-19-17-26(4)21-33(31)34;1-7-8-9-10-11-12-20-33(27-15-13-14-26(23-27)32(4,5)6)30-21-24(2)16-18-28(30)29-19-17-25(3)22-31(29)33/h15,17-26,28-30H,5-14,16,27H2,1-4H3;13-24,27-28H,5-12,25-26H2,1-4H3;16-24H,6-15H2,1-5H3;13-19,21-23H,7-12,20H2,1-6H3. The molecule has 0 saturated carbocycles. The molecule has 2 nitrogen and oxygen atoms in total. The van der Waals surface area contributed by atoms with E-state index >= 15 is 0 Å². The zero-order chi connectivity index (χ0) is 105. The molecule has 0 radical (unpaired) electrons. The summed E-state index contributed by atoms with van der Waals surface area (Å²) in [6.45, 7) is 44.9. The Balaban J connectivity index is 0.000000149. The van der Waals surface area contributed by atoms with Gasteiger partial charge in [0.15, 0.2) is 0 Å². The van der Waals surface area contributed by atoms with Gasteiger partial charge in [0, 0.05) is 16.2 Å². The number of hydrogen-bond donors (Lipinski definition) is 0. The van der Waals surface area contributed by atoms with Gasteiger partial charge in [0.25, 0.3) is 0 Å². The molecule has 0 spiro atoms.